The number of hydrogen-bond donors (Lipinski definition) is 1. The normalized spacial score (nSPS) is 14.4. The molecule has 0 atom stereocenters. The number of carbonyl (C=O) groups excluding carboxylic acids is 1. The fourth-order valence-electron chi connectivity index (χ4n) is 4.26. The molecular formula is C24H32N6O3. The van der Waals surface area contributed by atoms with Gasteiger partial charge in [-0.25, -0.2) is 9.31 Å². The highest BCUT2D eigenvalue weighted by atomic mass is 16.5. The summed E-state index contributed by atoms with van der Waals surface area (Å²) in [5.41, 5.74) is 7.67. The third kappa shape index (κ3) is 5.31. The summed E-state index contributed by atoms with van der Waals surface area (Å²) in [4.78, 5) is 18.4. The molecule has 1 saturated heterocycles. The number of aromatic nitrogens is 2. The van der Waals surface area contributed by atoms with Crippen molar-refractivity contribution in [3.63, 3.8) is 0 Å². The molecule has 4 rings (SSSR count). The van der Waals surface area contributed by atoms with E-state index in [0.29, 0.717) is 12.4 Å². The number of primary amides is 1. The number of piperazine rings is 1. The van der Waals surface area contributed by atoms with E-state index in [4.69, 9.17) is 15.2 Å². The van der Waals surface area contributed by atoms with E-state index >= 15 is 0 Å². The van der Waals surface area contributed by atoms with Crippen LogP contribution >= 0.6 is 0 Å². The Bertz CT molecular complexity index is 1040. The number of amides is 2. The molecule has 0 unspecified atom stereocenters. The summed E-state index contributed by atoms with van der Waals surface area (Å²) in [6.45, 7) is 5.41. The first-order valence-corrected chi connectivity index (χ1v) is 11.3. The lowest BCUT2D eigenvalue weighted by Gasteiger charge is -2.36. The SMILES string of the molecule is COc1ccc(N2CCN(CCCCN(C(N)=O)c3cc4ccccn4n3)CC2)c(OC)c1. The summed E-state index contributed by atoms with van der Waals surface area (Å²) >= 11 is 0. The topological polar surface area (TPSA) is 88.6 Å². The van der Waals surface area contributed by atoms with Gasteiger partial charge < -0.3 is 20.1 Å². The number of ether oxygens (including phenoxy) is 2. The fraction of sp³-hybridized carbons (Fsp3) is 0.417. The fourth-order valence-corrected chi connectivity index (χ4v) is 4.26. The molecule has 1 aliphatic heterocycles. The van der Waals surface area contributed by atoms with Gasteiger partial charge in [0.2, 0.25) is 0 Å². The second-order valence-corrected chi connectivity index (χ2v) is 8.14. The Balaban J connectivity index is 1.25. The van der Waals surface area contributed by atoms with Gasteiger partial charge in [0.05, 0.1) is 25.4 Å². The molecule has 1 aliphatic rings. The maximum Gasteiger partial charge on any atom is 0.320 e. The minimum atomic E-state index is -0.472. The second kappa shape index (κ2) is 10.4. The van der Waals surface area contributed by atoms with Gasteiger partial charge in [-0.3, -0.25) is 9.80 Å². The van der Waals surface area contributed by atoms with Crippen molar-refractivity contribution >= 4 is 23.1 Å². The molecule has 0 bridgehead atoms. The van der Waals surface area contributed by atoms with Crippen molar-refractivity contribution in [3.05, 3.63) is 48.7 Å². The van der Waals surface area contributed by atoms with Crippen LogP contribution in [0.2, 0.25) is 0 Å². The number of carbonyl (C=O) groups is 1. The number of anilines is 2. The highest BCUT2D eigenvalue weighted by Gasteiger charge is 2.20. The van der Waals surface area contributed by atoms with Crippen LogP contribution < -0.4 is 25.0 Å². The van der Waals surface area contributed by atoms with Crippen molar-refractivity contribution < 1.29 is 14.3 Å². The van der Waals surface area contributed by atoms with E-state index in [1.165, 1.54) is 0 Å². The lowest BCUT2D eigenvalue weighted by Crippen LogP contribution is -2.46. The molecule has 2 N–H and O–H groups in total. The number of benzene rings is 1. The zero-order valence-electron chi connectivity index (χ0n) is 19.3. The number of nitrogens with two attached hydrogens (primary N) is 1. The van der Waals surface area contributed by atoms with Crippen molar-refractivity contribution in [3.8, 4) is 11.5 Å². The van der Waals surface area contributed by atoms with Crippen LogP contribution in [0.1, 0.15) is 12.8 Å². The highest BCUT2D eigenvalue weighted by molar-refractivity contribution is 5.90. The number of unbranched alkanes of at least 4 members (excludes halogenated alkanes) is 1. The smallest absolute Gasteiger partial charge is 0.320 e. The molecule has 9 nitrogen and oxygen atoms in total. The lowest BCUT2D eigenvalue weighted by molar-refractivity contribution is 0.248. The molecule has 1 fully saturated rings. The van der Waals surface area contributed by atoms with Gasteiger partial charge in [0.25, 0.3) is 0 Å². The Hall–Kier alpha value is -3.46. The summed E-state index contributed by atoms with van der Waals surface area (Å²) in [5.74, 6) is 2.22. The van der Waals surface area contributed by atoms with Crippen LogP contribution in [-0.2, 0) is 0 Å². The summed E-state index contributed by atoms with van der Waals surface area (Å²) in [7, 11) is 3.35. The largest absolute Gasteiger partial charge is 0.497 e. The third-order valence-electron chi connectivity index (χ3n) is 6.11. The molecular weight excluding hydrogens is 420 g/mol. The first kappa shape index (κ1) is 22.7. The molecule has 1 aromatic carbocycles. The Labute approximate surface area is 194 Å². The number of rotatable bonds is 9. The number of pyridine rings is 1. The minimum absolute atomic E-state index is 0.472. The molecule has 176 valence electrons. The van der Waals surface area contributed by atoms with Crippen molar-refractivity contribution in [1.29, 1.82) is 0 Å². The predicted molar refractivity (Wildman–Crippen MR) is 130 cm³/mol. The van der Waals surface area contributed by atoms with Crippen LogP contribution in [0.3, 0.4) is 0 Å². The molecule has 0 radical (unpaired) electrons. The van der Waals surface area contributed by atoms with E-state index in [1.807, 2.05) is 42.6 Å². The number of hydrogen-bond acceptors (Lipinski definition) is 6. The predicted octanol–water partition coefficient (Wildman–Crippen LogP) is 2.84. The molecule has 3 aromatic rings. The van der Waals surface area contributed by atoms with Crippen molar-refractivity contribution in [2.24, 2.45) is 5.73 Å². The average molecular weight is 453 g/mol. The number of methoxy groups -OCH3 is 2. The molecule has 33 heavy (non-hydrogen) atoms. The molecule has 2 amide bonds. The van der Waals surface area contributed by atoms with Gasteiger partial charge >= 0.3 is 6.03 Å². The minimum Gasteiger partial charge on any atom is -0.497 e. The zero-order valence-corrected chi connectivity index (χ0v) is 19.3. The van der Waals surface area contributed by atoms with Crippen LogP contribution in [-0.4, -0.2) is 74.0 Å². The van der Waals surface area contributed by atoms with Crippen LogP contribution in [0.15, 0.2) is 48.7 Å². The van der Waals surface area contributed by atoms with E-state index in [-0.39, 0.29) is 0 Å². The van der Waals surface area contributed by atoms with Crippen molar-refractivity contribution in [2.75, 3.05) is 63.3 Å². The van der Waals surface area contributed by atoms with Gasteiger partial charge in [-0.05, 0) is 43.7 Å². The maximum absolute atomic E-state index is 12.0. The van der Waals surface area contributed by atoms with Gasteiger partial charge in [-0.15, -0.1) is 5.10 Å². The van der Waals surface area contributed by atoms with Crippen LogP contribution in [0.4, 0.5) is 16.3 Å². The summed E-state index contributed by atoms with van der Waals surface area (Å²) in [5, 5.41) is 4.47. The van der Waals surface area contributed by atoms with E-state index < -0.39 is 6.03 Å². The van der Waals surface area contributed by atoms with Gasteiger partial charge in [-0.1, -0.05) is 6.07 Å². The van der Waals surface area contributed by atoms with Crippen LogP contribution in [0.5, 0.6) is 11.5 Å². The number of nitrogens with zero attached hydrogens (tertiary/aromatic N) is 5. The monoisotopic (exact) mass is 452 g/mol. The summed E-state index contributed by atoms with van der Waals surface area (Å²) in [6, 6.07) is 13.2. The number of fused-ring (bicyclic) bond motifs is 1. The van der Waals surface area contributed by atoms with E-state index in [9.17, 15) is 4.79 Å². The van der Waals surface area contributed by atoms with E-state index in [2.05, 4.69) is 21.0 Å². The van der Waals surface area contributed by atoms with Gasteiger partial charge in [0.15, 0.2) is 5.82 Å². The van der Waals surface area contributed by atoms with Crippen molar-refractivity contribution in [1.82, 2.24) is 14.5 Å². The molecule has 0 saturated carbocycles. The Morgan fingerprint density at radius 1 is 1.06 bits per heavy atom. The van der Waals surface area contributed by atoms with Gasteiger partial charge in [0, 0.05) is 51.1 Å². The summed E-state index contributed by atoms with van der Waals surface area (Å²) in [6.07, 6.45) is 3.71. The molecule has 3 heterocycles. The maximum atomic E-state index is 12.0. The van der Waals surface area contributed by atoms with Gasteiger partial charge in [-0.2, -0.15) is 0 Å². The van der Waals surface area contributed by atoms with E-state index in [0.717, 1.165) is 68.3 Å². The Morgan fingerprint density at radius 2 is 1.88 bits per heavy atom. The quantitative estimate of drug-likeness (QED) is 0.502. The first-order chi connectivity index (χ1) is 16.1. The number of urea groups is 1. The van der Waals surface area contributed by atoms with Gasteiger partial charge in [0.1, 0.15) is 11.5 Å². The van der Waals surface area contributed by atoms with Crippen LogP contribution in [0, 0.1) is 0 Å². The lowest BCUT2D eigenvalue weighted by atomic mass is 10.2. The molecule has 2 aromatic heterocycles. The van der Waals surface area contributed by atoms with Crippen molar-refractivity contribution in [2.45, 2.75) is 12.8 Å². The average Bonchev–Trinajstić information content (AvgIpc) is 3.27. The molecule has 0 aliphatic carbocycles. The molecule has 0 spiro atoms. The first-order valence-electron chi connectivity index (χ1n) is 11.3. The van der Waals surface area contributed by atoms with E-state index in [1.54, 1.807) is 23.6 Å². The second-order valence-electron chi connectivity index (χ2n) is 8.14. The highest BCUT2D eigenvalue weighted by Crippen LogP contribution is 2.32. The standard InChI is InChI=1S/C24H32N6O3/c1-32-20-8-9-21(22(18-20)33-2)28-15-13-27(14-16-28)10-5-6-11-29(24(25)31)23-17-19-7-3-4-12-30(19)26-23/h3-4,7-9,12,17-18H,5-6,10-11,13-16H2,1-2H3,(H2,25,31). The Kier molecular flexibility index (Phi) is 7.19. The third-order valence-corrected chi connectivity index (χ3v) is 6.11. The Morgan fingerprint density at radius 3 is 2.58 bits per heavy atom. The van der Waals surface area contributed by atoms with Crippen LogP contribution in [0.25, 0.3) is 5.52 Å². The molecule has 9 heteroatoms. The zero-order chi connectivity index (χ0) is 23.2. The summed E-state index contributed by atoms with van der Waals surface area (Å²) < 4.78 is 12.6.